The first-order valence-electron chi connectivity index (χ1n) is 5.39. The molecular formula is C13H17FO2. The third kappa shape index (κ3) is 3.05. The van der Waals surface area contributed by atoms with E-state index in [1.54, 1.807) is 6.07 Å². The summed E-state index contributed by atoms with van der Waals surface area (Å²) in [6.45, 7) is 5.61. The number of halogens is 1. The van der Waals surface area contributed by atoms with Crippen molar-refractivity contribution in [1.82, 2.24) is 0 Å². The van der Waals surface area contributed by atoms with Gasteiger partial charge in [0.2, 0.25) is 0 Å². The number of aliphatic carboxylic acids is 1. The van der Waals surface area contributed by atoms with Gasteiger partial charge in [0.05, 0.1) is 5.92 Å². The lowest BCUT2D eigenvalue weighted by Crippen LogP contribution is -2.22. The summed E-state index contributed by atoms with van der Waals surface area (Å²) in [5.41, 5.74) is 1.72. The first-order valence-corrected chi connectivity index (χ1v) is 5.39. The molecule has 0 amide bonds. The van der Waals surface area contributed by atoms with Crippen LogP contribution in [0, 0.1) is 24.6 Å². The van der Waals surface area contributed by atoms with E-state index in [0.717, 1.165) is 11.1 Å². The molecule has 0 fully saturated rings. The van der Waals surface area contributed by atoms with Crippen LogP contribution in [0.1, 0.15) is 25.0 Å². The van der Waals surface area contributed by atoms with Crippen LogP contribution in [0.25, 0.3) is 0 Å². The van der Waals surface area contributed by atoms with Crippen LogP contribution in [-0.4, -0.2) is 11.1 Å². The maximum Gasteiger partial charge on any atom is 0.307 e. The van der Waals surface area contributed by atoms with E-state index in [1.165, 1.54) is 12.1 Å². The average molecular weight is 224 g/mol. The largest absolute Gasteiger partial charge is 0.481 e. The van der Waals surface area contributed by atoms with Crippen molar-refractivity contribution in [3.05, 3.63) is 35.1 Å². The Morgan fingerprint density at radius 2 is 2.06 bits per heavy atom. The Labute approximate surface area is 95.1 Å². The van der Waals surface area contributed by atoms with E-state index in [-0.39, 0.29) is 11.7 Å². The molecule has 1 aromatic carbocycles. The van der Waals surface area contributed by atoms with Gasteiger partial charge in [-0.3, -0.25) is 4.79 Å². The van der Waals surface area contributed by atoms with Gasteiger partial charge in [0.25, 0.3) is 0 Å². The summed E-state index contributed by atoms with van der Waals surface area (Å²) < 4.78 is 13.1. The molecule has 1 aromatic rings. The predicted molar refractivity (Wildman–Crippen MR) is 60.8 cm³/mol. The van der Waals surface area contributed by atoms with Crippen molar-refractivity contribution in [2.45, 2.75) is 27.2 Å². The second-order valence-corrected chi connectivity index (χ2v) is 4.46. The molecule has 2 nitrogen and oxygen atoms in total. The van der Waals surface area contributed by atoms with Crippen molar-refractivity contribution in [3.63, 3.8) is 0 Å². The molecule has 0 heterocycles. The standard InChI is InChI=1S/C13H17FO2/c1-8(2)12(13(15)16)7-10-6-11(14)5-4-9(10)3/h4-6,8,12H,7H2,1-3H3,(H,15,16). The number of carbonyl (C=O) groups is 1. The topological polar surface area (TPSA) is 37.3 Å². The second kappa shape index (κ2) is 5.10. The number of aryl methyl sites for hydroxylation is 1. The van der Waals surface area contributed by atoms with Crippen molar-refractivity contribution in [2.24, 2.45) is 11.8 Å². The van der Waals surface area contributed by atoms with E-state index in [2.05, 4.69) is 0 Å². The normalized spacial score (nSPS) is 12.8. The second-order valence-electron chi connectivity index (χ2n) is 4.46. The zero-order valence-corrected chi connectivity index (χ0v) is 9.83. The predicted octanol–water partition coefficient (Wildman–Crippen LogP) is 3.03. The molecule has 0 saturated heterocycles. The first-order chi connectivity index (χ1) is 7.41. The zero-order chi connectivity index (χ0) is 12.3. The van der Waals surface area contributed by atoms with Gasteiger partial charge in [-0.15, -0.1) is 0 Å². The monoisotopic (exact) mass is 224 g/mol. The Morgan fingerprint density at radius 1 is 1.44 bits per heavy atom. The molecule has 0 aromatic heterocycles. The Morgan fingerprint density at radius 3 is 2.56 bits per heavy atom. The fourth-order valence-corrected chi connectivity index (χ4v) is 1.71. The van der Waals surface area contributed by atoms with Crippen molar-refractivity contribution in [1.29, 1.82) is 0 Å². The minimum Gasteiger partial charge on any atom is -0.481 e. The number of hydrogen-bond donors (Lipinski definition) is 1. The fraction of sp³-hybridized carbons (Fsp3) is 0.462. The zero-order valence-electron chi connectivity index (χ0n) is 9.83. The Hall–Kier alpha value is -1.38. The van der Waals surface area contributed by atoms with Gasteiger partial charge >= 0.3 is 5.97 Å². The molecule has 0 spiro atoms. The van der Waals surface area contributed by atoms with Crippen LogP contribution in [0.2, 0.25) is 0 Å². The van der Waals surface area contributed by atoms with E-state index in [0.29, 0.717) is 6.42 Å². The van der Waals surface area contributed by atoms with Gasteiger partial charge < -0.3 is 5.11 Å². The SMILES string of the molecule is Cc1ccc(F)cc1CC(C(=O)O)C(C)C. The van der Waals surface area contributed by atoms with Crippen molar-refractivity contribution in [3.8, 4) is 0 Å². The van der Waals surface area contributed by atoms with Crippen molar-refractivity contribution >= 4 is 5.97 Å². The lowest BCUT2D eigenvalue weighted by Gasteiger charge is -2.17. The maximum atomic E-state index is 13.1. The number of hydrogen-bond acceptors (Lipinski definition) is 1. The molecule has 0 aliphatic rings. The summed E-state index contributed by atoms with van der Waals surface area (Å²) in [4.78, 5) is 11.0. The smallest absolute Gasteiger partial charge is 0.307 e. The van der Waals surface area contributed by atoms with Crippen LogP contribution in [-0.2, 0) is 11.2 Å². The number of carboxylic acid groups (broad SMARTS) is 1. The van der Waals surface area contributed by atoms with E-state index < -0.39 is 11.9 Å². The Kier molecular flexibility index (Phi) is 4.05. The lowest BCUT2D eigenvalue weighted by atomic mass is 9.88. The van der Waals surface area contributed by atoms with Crippen molar-refractivity contribution in [2.75, 3.05) is 0 Å². The van der Waals surface area contributed by atoms with Crippen LogP contribution in [0.15, 0.2) is 18.2 Å². The van der Waals surface area contributed by atoms with E-state index in [9.17, 15) is 9.18 Å². The molecule has 0 aliphatic carbocycles. The summed E-state index contributed by atoms with van der Waals surface area (Å²) in [5.74, 6) is -1.55. The summed E-state index contributed by atoms with van der Waals surface area (Å²) in [6.07, 6.45) is 0.386. The summed E-state index contributed by atoms with van der Waals surface area (Å²) in [7, 11) is 0. The average Bonchev–Trinajstić information content (AvgIpc) is 2.18. The summed E-state index contributed by atoms with van der Waals surface area (Å²) in [6, 6.07) is 4.50. The molecule has 1 unspecified atom stereocenters. The van der Waals surface area contributed by atoms with Gasteiger partial charge in [0, 0.05) is 0 Å². The minimum atomic E-state index is -0.821. The van der Waals surface area contributed by atoms with Crippen LogP contribution < -0.4 is 0 Å². The van der Waals surface area contributed by atoms with Gasteiger partial charge in [0.1, 0.15) is 5.82 Å². The van der Waals surface area contributed by atoms with Gasteiger partial charge in [-0.2, -0.15) is 0 Å². The molecule has 16 heavy (non-hydrogen) atoms. The fourth-order valence-electron chi connectivity index (χ4n) is 1.71. The van der Waals surface area contributed by atoms with Gasteiger partial charge in [0.15, 0.2) is 0 Å². The first kappa shape index (κ1) is 12.7. The molecule has 1 N–H and O–H groups in total. The molecule has 0 saturated carbocycles. The Bertz CT molecular complexity index is 386. The molecular weight excluding hydrogens is 207 g/mol. The lowest BCUT2D eigenvalue weighted by molar-refractivity contribution is -0.143. The molecule has 88 valence electrons. The molecule has 0 bridgehead atoms. The third-order valence-corrected chi connectivity index (χ3v) is 2.87. The highest BCUT2D eigenvalue weighted by Gasteiger charge is 2.22. The number of benzene rings is 1. The van der Waals surface area contributed by atoms with Crippen LogP contribution in [0.5, 0.6) is 0 Å². The van der Waals surface area contributed by atoms with Crippen LogP contribution >= 0.6 is 0 Å². The highest BCUT2D eigenvalue weighted by atomic mass is 19.1. The molecule has 3 heteroatoms. The molecule has 0 aliphatic heterocycles. The quantitative estimate of drug-likeness (QED) is 0.853. The molecule has 0 radical (unpaired) electrons. The number of carboxylic acids is 1. The van der Waals surface area contributed by atoms with Gasteiger partial charge in [-0.05, 0) is 42.5 Å². The van der Waals surface area contributed by atoms with E-state index in [1.807, 2.05) is 20.8 Å². The summed E-state index contributed by atoms with van der Waals surface area (Å²) >= 11 is 0. The summed E-state index contributed by atoms with van der Waals surface area (Å²) in [5, 5.41) is 9.07. The number of rotatable bonds is 4. The Balaban J connectivity index is 2.93. The van der Waals surface area contributed by atoms with Crippen LogP contribution in [0.3, 0.4) is 0 Å². The maximum absolute atomic E-state index is 13.1. The van der Waals surface area contributed by atoms with E-state index >= 15 is 0 Å². The van der Waals surface area contributed by atoms with E-state index in [4.69, 9.17) is 5.11 Å². The molecule has 1 rings (SSSR count). The van der Waals surface area contributed by atoms with Gasteiger partial charge in [-0.1, -0.05) is 19.9 Å². The van der Waals surface area contributed by atoms with Crippen molar-refractivity contribution < 1.29 is 14.3 Å². The molecule has 1 atom stereocenters. The highest BCUT2D eigenvalue weighted by molar-refractivity contribution is 5.70. The van der Waals surface area contributed by atoms with Crippen LogP contribution in [0.4, 0.5) is 4.39 Å². The highest BCUT2D eigenvalue weighted by Crippen LogP contribution is 2.20. The minimum absolute atomic E-state index is 0.0418. The third-order valence-electron chi connectivity index (χ3n) is 2.87. The van der Waals surface area contributed by atoms with Gasteiger partial charge in [-0.25, -0.2) is 4.39 Å².